The fourth-order valence-electron chi connectivity index (χ4n) is 3.84. The first-order chi connectivity index (χ1) is 13.2. The molecule has 0 aromatic heterocycles. The summed E-state index contributed by atoms with van der Waals surface area (Å²) in [6.07, 6.45) is 2.32. The van der Waals surface area contributed by atoms with Crippen LogP contribution in [0.1, 0.15) is 41.3 Å². The molecule has 0 spiro atoms. The van der Waals surface area contributed by atoms with E-state index in [0.29, 0.717) is 18.2 Å². The van der Waals surface area contributed by atoms with E-state index in [2.05, 4.69) is 17.1 Å². The normalized spacial score (nSPS) is 17.2. The highest BCUT2D eigenvalue weighted by Gasteiger charge is 2.23. The van der Waals surface area contributed by atoms with Gasteiger partial charge in [0.25, 0.3) is 5.91 Å². The zero-order chi connectivity index (χ0) is 19.2. The molecule has 0 bridgehead atoms. The minimum atomic E-state index is -0.117. The van der Waals surface area contributed by atoms with Crippen LogP contribution in [0.25, 0.3) is 11.1 Å². The van der Waals surface area contributed by atoms with Crippen LogP contribution in [-0.2, 0) is 13.2 Å². The number of nitrogens with zero attached hydrogens (tertiary/aromatic N) is 1. The van der Waals surface area contributed by atoms with Crippen LogP contribution in [0.5, 0.6) is 0 Å². The van der Waals surface area contributed by atoms with Gasteiger partial charge in [0.1, 0.15) is 0 Å². The number of hydrogen-bond donors (Lipinski definition) is 3. The van der Waals surface area contributed by atoms with Gasteiger partial charge in [0, 0.05) is 18.2 Å². The largest absolute Gasteiger partial charge is 0.392 e. The molecule has 1 amide bonds. The highest BCUT2D eigenvalue weighted by molar-refractivity contribution is 5.95. The van der Waals surface area contributed by atoms with Crippen LogP contribution >= 0.6 is 0 Å². The Morgan fingerprint density at radius 2 is 2.04 bits per heavy atom. The predicted molar refractivity (Wildman–Crippen MR) is 106 cm³/mol. The van der Waals surface area contributed by atoms with E-state index in [4.69, 9.17) is 0 Å². The molecule has 5 nitrogen and oxygen atoms in total. The number of likely N-dealkylation sites (tertiary alicyclic amines) is 1. The quantitative estimate of drug-likeness (QED) is 0.702. The van der Waals surface area contributed by atoms with E-state index in [1.807, 2.05) is 36.4 Å². The van der Waals surface area contributed by atoms with Gasteiger partial charge in [-0.15, -0.1) is 0 Å². The van der Waals surface area contributed by atoms with Gasteiger partial charge in [-0.1, -0.05) is 37.3 Å². The number of aliphatic hydroxyl groups is 2. The molecule has 1 heterocycles. The van der Waals surface area contributed by atoms with Crippen molar-refractivity contribution in [3.63, 3.8) is 0 Å². The van der Waals surface area contributed by atoms with E-state index >= 15 is 0 Å². The van der Waals surface area contributed by atoms with E-state index < -0.39 is 0 Å². The molecule has 1 atom stereocenters. The Labute approximate surface area is 160 Å². The number of rotatable bonds is 7. The average Bonchev–Trinajstić information content (AvgIpc) is 3.19. The fourth-order valence-corrected chi connectivity index (χ4v) is 3.84. The lowest BCUT2D eigenvalue weighted by atomic mass is 9.96. The molecule has 1 fully saturated rings. The Balaban J connectivity index is 1.74. The van der Waals surface area contributed by atoms with Gasteiger partial charge in [-0.05, 0) is 60.3 Å². The summed E-state index contributed by atoms with van der Waals surface area (Å²) in [5.74, 6) is -0.0719. The molecule has 0 aliphatic carbocycles. The molecule has 2 aromatic rings. The first-order valence-corrected chi connectivity index (χ1v) is 9.62. The van der Waals surface area contributed by atoms with E-state index in [1.54, 1.807) is 6.07 Å². The summed E-state index contributed by atoms with van der Waals surface area (Å²) >= 11 is 0. The van der Waals surface area contributed by atoms with Crippen molar-refractivity contribution in [3.8, 4) is 11.1 Å². The summed E-state index contributed by atoms with van der Waals surface area (Å²) in [5.41, 5.74) is 3.87. The molecule has 0 saturated carbocycles. The molecular weight excluding hydrogens is 340 g/mol. The van der Waals surface area contributed by atoms with Crippen molar-refractivity contribution in [1.82, 2.24) is 10.2 Å². The van der Waals surface area contributed by atoms with Crippen LogP contribution in [0.4, 0.5) is 0 Å². The Kier molecular flexibility index (Phi) is 6.61. The number of nitrogens with one attached hydrogen (secondary N) is 1. The van der Waals surface area contributed by atoms with Crippen LogP contribution in [0.3, 0.4) is 0 Å². The third-order valence-corrected chi connectivity index (χ3v) is 5.36. The van der Waals surface area contributed by atoms with Crippen molar-refractivity contribution >= 4 is 5.91 Å². The smallest absolute Gasteiger partial charge is 0.251 e. The molecule has 144 valence electrons. The van der Waals surface area contributed by atoms with Gasteiger partial charge in [-0.3, -0.25) is 9.69 Å². The molecule has 27 heavy (non-hydrogen) atoms. The molecule has 3 N–H and O–H groups in total. The first-order valence-electron chi connectivity index (χ1n) is 9.62. The van der Waals surface area contributed by atoms with E-state index in [1.165, 1.54) is 6.42 Å². The van der Waals surface area contributed by atoms with Gasteiger partial charge in [0.2, 0.25) is 0 Å². The molecule has 0 radical (unpaired) electrons. The van der Waals surface area contributed by atoms with Gasteiger partial charge in [-0.2, -0.15) is 0 Å². The van der Waals surface area contributed by atoms with Crippen molar-refractivity contribution in [1.29, 1.82) is 0 Å². The number of hydrogen-bond acceptors (Lipinski definition) is 4. The lowest BCUT2D eigenvalue weighted by Crippen LogP contribution is -2.40. The van der Waals surface area contributed by atoms with Crippen LogP contribution in [-0.4, -0.2) is 46.7 Å². The molecule has 1 aliphatic heterocycles. The maximum atomic E-state index is 12.6. The number of benzene rings is 2. The summed E-state index contributed by atoms with van der Waals surface area (Å²) in [4.78, 5) is 15.0. The standard InChI is InChI=1S/C22H28N2O3/c1-2-24-10-4-7-20(24)13-23-22(27)18-6-3-5-17(12-18)21-9-8-16(14-25)11-19(21)15-26/h3,5-6,8-9,11-12,20,25-26H,2,4,7,10,13-15H2,1H3,(H,23,27). The zero-order valence-corrected chi connectivity index (χ0v) is 15.8. The molecule has 5 heteroatoms. The third kappa shape index (κ3) is 4.56. The summed E-state index contributed by atoms with van der Waals surface area (Å²) in [6.45, 7) is 4.78. The average molecular weight is 368 g/mol. The minimum absolute atomic E-state index is 0.0638. The Bertz CT molecular complexity index is 791. The lowest BCUT2D eigenvalue weighted by molar-refractivity contribution is 0.0941. The zero-order valence-electron chi connectivity index (χ0n) is 15.8. The second-order valence-electron chi connectivity index (χ2n) is 7.02. The first kappa shape index (κ1) is 19.5. The van der Waals surface area contributed by atoms with Crippen LogP contribution in [0.15, 0.2) is 42.5 Å². The number of carbonyl (C=O) groups excluding carboxylic acids is 1. The van der Waals surface area contributed by atoms with Crippen LogP contribution in [0.2, 0.25) is 0 Å². The summed E-state index contributed by atoms with van der Waals surface area (Å²) in [5, 5.41) is 22.0. The lowest BCUT2D eigenvalue weighted by Gasteiger charge is -2.22. The SMILES string of the molecule is CCN1CCCC1CNC(=O)c1cccc(-c2ccc(CO)cc2CO)c1. The van der Waals surface area contributed by atoms with Crippen molar-refractivity contribution in [3.05, 3.63) is 59.2 Å². The topological polar surface area (TPSA) is 72.8 Å². The number of amides is 1. The fraction of sp³-hybridized carbons (Fsp3) is 0.409. The second kappa shape index (κ2) is 9.13. The molecule has 1 aliphatic rings. The summed E-state index contributed by atoms with van der Waals surface area (Å²) in [6, 6.07) is 13.4. The highest BCUT2D eigenvalue weighted by Crippen LogP contribution is 2.26. The third-order valence-electron chi connectivity index (χ3n) is 5.36. The monoisotopic (exact) mass is 368 g/mol. The van der Waals surface area contributed by atoms with Gasteiger partial charge in [-0.25, -0.2) is 0 Å². The minimum Gasteiger partial charge on any atom is -0.392 e. The molecule has 2 aromatic carbocycles. The molecular formula is C22H28N2O3. The predicted octanol–water partition coefficient (Wildman–Crippen LogP) is 2.55. The molecule has 1 unspecified atom stereocenters. The highest BCUT2D eigenvalue weighted by atomic mass is 16.3. The Morgan fingerprint density at radius 1 is 1.19 bits per heavy atom. The van der Waals surface area contributed by atoms with Crippen molar-refractivity contribution in [2.24, 2.45) is 0 Å². The van der Waals surface area contributed by atoms with Crippen molar-refractivity contribution < 1.29 is 15.0 Å². The summed E-state index contributed by atoms with van der Waals surface area (Å²) in [7, 11) is 0. The van der Waals surface area contributed by atoms with Crippen molar-refractivity contribution in [2.75, 3.05) is 19.6 Å². The number of aliphatic hydroxyl groups excluding tert-OH is 2. The molecule has 1 saturated heterocycles. The second-order valence-corrected chi connectivity index (χ2v) is 7.02. The van der Waals surface area contributed by atoms with Gasteiger partial charge in [0.15, 0.2) is 0 Å². The van der Waals surface area contributed by atoms with Gasteiger partial charge in [0.05, 0.1) is 13.2 Å². The van der Waals surface area contributed by atoms with Crippen LogP contribution in [0, 0.1) is 0 Å². The molecule has 3 rings (SSSR count). The number of likely N-dealkylation sites (N-methyl/N-ethyl adjacent to an activating group) is 1. The summed E-state index contributed by atoms with van der Waals surface area (Å²) < 4.78 is 0. The Hall–Kier alpha value is -2.21. The van der Waals surface area contributed by atoms with Crippen LogP contribution < -0.4 is 5.32 Å². The van der Waals surface area contributed by atoms with Gasteiger partial charge >= 0.3 is 0 Å². The van der Waals surface area contributed by atoms with Crippen molar-refractivity contribution in [2.45, 2.75) is 39.0 Å². The van der Waals surface area contributed by atoms with E-state index in [-0.39, 0.29) is 19.1 Å². The maximum Gasteiger partial charge on any atom is 0.251 e. The van der Waals surface area contributed by atoms with E-state index in [0.717, 1.165) is 41.8 Å². The van der Waals surface area contributed by atoms with E-state index in [9.17, 15) is 15.0 Å². The number of carbonyl (C=O) groups is 1. The Morgan fingerprint density at radius 3 is 2.78 bits per heavy atom. The van der Waals surface area contributed by atoms with Gasteiger partial charge < -0.3 is 15.5 Å². The maximum absolute atomic E-state index is 12.6.